The van der Waals surface area contributed by atoms with E-state index < -0.39 is 9.84 Å². The van der Waals surface area contributed by atoms with Crippen LogP contribution in [0.3, 0.4) is 0 Å². The smallest absolute Gasteiger partial charge is 0.150 e. The van der Waals surface area contributed by atoms with Crippen molar-refractivity contribution in [1.29, 1.82) is 0 Å². The summed E-state index contributed by atoms with van der Waals surface area (Å²) in [4.78, 5) is 0. The van der Waals surface area contributed by atoms with Gasteiger partial charge in [-0.25, -0.2) is 8.42 Å². The molecule has 0 aromatic heterocycles. The second-order valence-corrected chi connectivity index (χ2v) is 8.31. The zero-order valence-corrected chi connectivity index (χ0v) is 11.8. The van der Waals surface area contributed by atoms with Crippen LogP contribution < -0.4 is 5.32 Å². The molecule has 0 radical (unpaired) electrons. The lowest BCUT2D eigenvalue weighted by Gasteiger charge is -2.39. The average Bonchev–Trinajstić information content (AvgIpc) is 2.26. The fourth-order valence-electron chi connectivity index (χ4n) is 3.34. The quantitative estimate of drug-likeness (QED) is 0.825. The lowest BCUT2D eigenvalue weighted by molar-refractivity contribution is 0.189. The standard InChI is InChI=1S/C13H25NO2S/c1-10-4-3-5-11(2)13(10)14-12-6-8-17(15,16)9-7-12/h10-14H,3-9H2,1-2H3. The predicted octanol–water partition coefficient (Wildman–Crippen LogP) is 1.98. The molecule has 0 aromatic rings. The summed E-state index contributed by atoms with van der Waals surface area (Å²) in [5.74, 6) is 2.22. The molecule has 1 aliphatic heterocycles. The van der Waals surface area contributed by atoms with Crippen LogP contribution in [0.1, 0.15) is 46.0 Å². The van der Waals surface area contributed by atoms with Crippen LogP contribution in [-0.4, -0.2) is 32.0 Å². The normalized spacial score (nSPS) is 39.1. The molecule has 0 aromatic carbocycles. The van der Waals surface area contributed by atoms with Crippen molar-refractivity contribution < 1.29 is 8.42 Å². The zero-order valence-electron chi connectivity index (χ0n) is 11.0. The Kier molecular flexibility index (Phi) is 4.14. The number of nitrogens with one attached hydrogen (secondary N) is 1. The Morgan fingerprint density at radius 3 is 2.00 bits per heavy atom. The molecule has 0 spiro atoms. The van der Waals surface area contributed by atoms with E-state index in [2.05, 4.69) is 19.2 Å². The molecule has 2 aliphatic rings. The molecule has 1 heterocycles. The molecule has 0 amide bonds. The molecular formula is C13H25NO2S. The summed E-state index contributed by atoms with van der Waals surface area (Å²) >= 11 is 0. The van der Waals surface area contributed by atoms with Gasteiger partial charge in [-0.1, -0.05) is 20.3 Å². The number of sulfone groups is 1. The minimum Gasteiger partial charge on any atom is -0.311 e. The number of rotatable bonds is 2. The molecule has 2 fully saturated rings. The van der Waals surface area contributed by atoms with Crippen LogP contribution in [0.4, 0.5) is 0 Å². The van der Waals surface area contributed by atoms with Crippen LogP contribution >= 0.6 is 0 Å². The monoisotopic (exact) mass is 259 g/mol. The van der Waals surface area contributed by atoms with Gasteiger partial charge in [-0.15, -0.1) is 0 Å². The summed E-state index contributed by atoms with van der Waals surface area (Å²) in [6, 6.07) is 1.01. The second kappa shape index (κ2) is 5.27. The molecule has 2 unspecified atom stereocenters. The van der Waals surface area contributed by atoms with E-state index in [1.54, 1.807) is 0 Å². The molecule has 3 nitrogen and oxygen atoms in total. The van der Waals surface area contributed by atoms with Crippen LogP contribution in [0, 0.1) is 11.8 Å². The first kappa shape index (κ1) is 13.3. The van der Waals surface area contributed by atoms with Gasteiger partial charge in [0.2, 0.25) is 0 Å². The van der Waals surface area contributed by atoms with Gasteiger partial charge in [-0.3, -0.25) is 0 Å². The molecule has 2 atom stereocenters. The van der Waals surface area contributed by atoms with Gasteiger partial charge in [-0.05, 0) is 37.5 Å². The van der Waals surface area contributed by atoms with E-state index in [0.717, 1.165) is 24.7 Å². The molecular weight excluding hydrogens is 234 g/mol. The van der Waals surface area contributed by atoms with E-state index in [-0.39, 0.29) is 0 Å². The van der Waals surface area contributed by atoms with E-state index in [0.29, 0.717) is 23.6 Å². The van der Waals surface area contributed by atoms with E-state index in [9.17, 15) is 8.42 Å². The molecule has 1 saturated heterocycles. The fraction of sp³-hybridized carbons (Fsp3) is 1.00. The van der Waals surface area contributed by atoms with Gasteiger partial charge < -0.3 is 5.32 Å². The third-order valence-corrected chi connectivity index (χ3v) is 6.24. The summed E-state index contributed by atoms with van der Waals surface area (Å²) in [6.45, 7) is 4.65. The molecule has 0 bridgehead atoms. The molecule has 1 aliphatic carbocycles. The van der Waals surface area contributed by atoms with Crippen molar-refractivity contribution in [2.24, 2.45) is 11.8 Å². The molecule has 1 saturated carbocycles. The van der Waals surface area contributed by atoms with Crippen molar-refractivity contribution in [3.8, 4) is 0 Å². The highest BCUT2D eigenvalue weighted by molar-refractivity contribution is 7.91. The molecule has 17 heavy (non-hydrogen) atoms. The molecule has 4 heteroatoms. The Bertz CT molecular complexity index is 328. The summed E-state index contributed by atoms with van der Waals surface area (Å²) in [5.41, 5.74) is 0. The third kappa shape index (κ3) is 3.44. The summed E-state index contributed by atoms with van der Waals surface area (Å²) in [6.07, 6.45) is 5.58. The largest absolute Gasteiger partial charge is 0.311 e. The maximum Gasteiger partial charge on any atom is 0.150 e. The van der Waals surface area contributed by atoms with E-state index in [1.165, 1.54) is 19.3 Å². The zero-order chi connectivity index (χ0) is 12.5. The minimum absolute atomic E-state index is 0.375. The van der Waals surface area contributed by atoms with Crippen molar-refractivity contribution in [2.45, 2.75) is 58.0 Å². The van der Waals surface area contributed by atoms with E-state index in [4.69, 9.17) is 0 Å². The topological polar surface area (TPSA) is 46.2 Å². The Morgan fingerprint density at radius 2 is 1.47 bits per heavy atom. The lowest BCUT2D eigenvalue weighted by Crippen LogP contribution is -2.49. The summed E-state index contributed by atoms with van der Waals surface area (Å²) < 4.78 is 22.8. The molecule has 1 N–H and O–H groups in total. The number of hydrogen-bond donors (Lipinski definition) is 1. The highest BCUT2D eigenvalue weighted by Gasteiger charge is 2.31. The predicted molar refractivity (Wildman–Crippen MR) is 70.8 cm³/mol. The summed E-state index contributed by atoms with van der Waals surface area (Å²) in [5, 5.41) is 3.73. The van der Waals surface area contributed by atoms with Crippen molar-refractivity contribution >= 4 is 9.84 Å². The average molecular weight is 259 g/mol. The Balaban J connectivity index is 1.88. The first-order valence-corrected chi connectivity index (χ1v) is 8.76. The van der Waals surface area contributed by atoms with Gasteiger partial charge in [0.1, 0.15) is 9.84 Å². The lowest BCUT2D eigenvalue weighted by atomic mass is 9.78. The maximum atomic E-state index is 11.4. The van der Waals surface area contributed by atoms with Crippen LogP contribution in [-0.2, 0) is 9.84 Å². The van der Waals surface area contributed by atoms with Gasteiger partial charge in [0.05, 0.1) is 11.5 Å². The first-order valence-electron chi connectivity index (χ1n) is 6.94. The van der Waals surface area contributed by atoms with E-state index >= 15 is 0 Å². The molecule has 100 valence electrons. The SMILES string of the molecule is CC1CCCC(C)C1NC1CCS(=O)(=O)CC1. The van der Waals surface area contributed by atoms with Gasteiger partial charge in [0.25, 0.3) is 0 Å². The van der Waals surface area contributed by atoms with Crippen molar-refractivity contribution in [3.63, 3.8) is 0 Å². The van der Waals surface area contributed by atoms with Crippen LogP contribution in [0.25, 0.3) is 0 Å². The number of hydrogen-bond acceptors (Lipinski definition) is 3. The van der Waals surface area contributed by atoms with Crippen LogP contribution in [0.5, 0.6) is 0 Å². The first-order chi connectivity index (χ1) is 7.98. The van der Waals surface area contributed by atoms with Gasteiger partial charge in [0, 0.05) is 12.1 Å². The van der Waals surface area contributed by atoms with Crippen LogP contribution in [0.15, 0.2) is 0 Å². The van der Waals surface area contributed by atoms with Crippen molar-refractivity contribution in [1.82, 2.24) is 5.32 Å². The fourth-order valence-corrected chi connectivity index (χ4v) is 4.83. The Labute approximate surface area is 105 Å². The van der Waals surface area contributed by atoms with E-state index in [1.807, 2.05) is 0 Å². The van der Waals surface area contributed by atoms with Gasteiger partial charge in [0.15, 0.2) is 0 Å². The Morgan fingerprint density at radius 1 is 0.941 bits per heavy atom. The van der Waals surface area contributed by atoms with Crippen LogP contribution in [0.2, 0.25) is 0 Å². The highest BCUT2D eigenvalue weighted by atomic mass is 32.2. The highest BCUT2D eigenvalue weighted by Crippen LogP contribution is 2.30. The Hall–Kier alpha value is -0.0900. The molecule has 2 rings (SSSR count). The maximum absolute atomic E-state index is 11.4. The van der Waals surface area contributed by atoms with Gasteiger partial charge >= 0.3 is 0 Å². The van der Waals surface area contributed by atoms with Crippen molar-refractivity contribution in [2.75, 3.05) is 11.5 Å². The summed E-state index contributed by atoms with van der Waals surface area (Å²) in [7, 11) is -2.72. The van der Waals surface area contributed by atoms with Crippen molar-refractivity contribution in [3.05, 3.63) is 0 Å². The second-order valence-electron chi connectivity index (χ2n) is 6.00. The third-order valence-electron chi connectivity index (χ3n) is 4.53. The van der Waals surface area contributed by atoms with Gasteiger partial charge in [-0.2, -0.15) is 0 Å². The minimum atomic E-state index is -2.72.